The van der Waals surface area contributed by atoms with Crippen molar-refractivity contribution in [2.75, 3.05) is 6.61 Å². The molecule has 0 saturated carbocycles. The highest BCUT2D eigenvalue weighted by Gasteiger charge is 2.17. The SMILES string of the molecule is CCCCCC/C=C/C(O)C(CO)NC(=O)CCCCCCCCCCCCCCCCC/C=C\CCCCCCCCCC. The minimum atomic E-state index is -0.832. The highest BCUT2D eigenvalue weighted by molar-refractivity contribution is 5.76. The molecule has 0 heterocycles. The van der Waals surface area contributed by atoms with Gasteiger partial charge in [-0.25, -0.2) is 0 Å². The molecule has 0 radical (unpaired) electrons. The maximum Gasteiger partial charge on any atom is 0.220 e. The fourth-order valence-electron chi connectivity index (χ4n) is 6.05. The second-order valence-corrected chi connectivity index (χ2v) is 13.7. The monoisotopic (exact) mass is 634 g/mol. The number of aliphatic hydroxyl groups excluding tert-OH is 2. The largest absolute Gasteiger partial charge is 0.394 e. The van der Waals surface area contributed by atoms with E-state index in [1.807, 2.05) is 6.08 Å². The third kappa shape index (κ3) is 34.0. The number of nitrogens with one attached hydrogen (secondary N) is 1. The van der Waals surface area contributed by atoms with E-state index in [0.717, 1.165) is 25.7 Å². The normalized spacial score (nSPS) is 13.2. The molecule has 0 aliphatic heterocycles. The van der Waals surface area contributed by atoms with Crippen LogP contribution in [0.15, 0.2) is 24.3 Å². The minimum absolute atomic E-state index is 0.0683. The quantitative estimate of drug-likeness (QED) is 0.0475. The Morgan fingerprint density at radius 1 is 0.511 bits per heavy atom. The average molecular weight is 634 g/mol. The maximum absolute atomic E-state index is 12.2. The lowest BCUT2D eigenvalue weighted by Crippen LogP contribution is -2.45. The molecule has 0 bridgehead atoms. The summed E-state index contributed by atoms with van der Waals surface area (Å²) in [5, 5.41) is 22.7. The molecule has 0 aromatic carbocycles. The van der Waals surface area contributed by atoms with Gasteiger partial charge in [0.2, 0.25) is 5.91 Å². The zero-order valence-corrected chi connectivity index (χ0v) is 30.4. The van der Waals surface area contributed by atoms with Crippen molar-refractivity contribution in [2.24, 2.45) is 0 Å². The van der Waals surface area contributed by atoms with Crippen LogP contribution in [0.3, 0.4) is 0 Å². The van der Waals surface area contributed by atoms with Gasteiger partial charge in [-0.05, 0) is 44.9 Å². The van der Waals surface area contributed by atoms with Crippen LogP contribution in [-0.4, -0.2) is 34.9 Å². The Balaban J connectivity index is 3.40. The first-order valence-corrected chi connectivity index (χ1v) is 20.1. The van der Waals surface area contributed by atoms with Crippen molar-refractivity contribution in [3.8, 4) is 0 Å². The van der Waals surface area contributed by atoms with Crippen LogP contribution in [0.2, 0.25) is 0 Å². The number of allylic oxidation sites excluding steroid dienone is 3. The van der Waals surface area contributed by atoms with E-state index in [-0.39, 0.29) is 12.5 Å². The summed E-state index contributed by atoms with van der Waals surface area (Å²) in [5.41, 5.74) is 0. The van der Waals surface area contributed by atoms with Crippen LogP contribution >= 0.6 is 0 Å². The summed E-state index contributed by atoms with van der Waals surface area (Å²) in [6, 6.07) is -0.615. The van der Waals surface area contributed by atoms with Crippen LogP contribution in [0.5, 0.6) is 0 Å². The first-order chi connectivity index (χ1) is 22.2. The number of carbonyl (C=O) groups excluding carboxylic acids is 1. The average Bonchev–Trinajstić information content (AvgIpc) is 3.04. The van der Waals surface area contributed by atoms with Crippen LogP contribution in [-0.2, 0) is 4.79 Å². The van der Waals surface area contributed by atoms with Crippen LogP contribution in [0, 0.1) is 0 Å². The molecule has 2 unspecified atom stereocenters. The van der Waals surface area contributed by atoms with Crippen molar-refractivity contribution >= 4 is 5.91 Å². The number of rotatable bonds is 36. The molecule has 45 heavy (non-hydrogen) atoms. The van der Waals surface area contributed by atoms with E-state index in [1.165, 1.54) is 167 Å². The fraction of sp³-hybridized carbons (Fsp3) is 0.878. The Labute approximate surface area is 281 Å². The highest BCUT2D eigenvalue weighted by atomic mass is 16.3. The Morgan fingerprint density at radius 3 is 1.24 bits per heavy atom. The van der Waals surface area contributed by atoms with Gasteiger partial charge in [-0.1, -0.05) is 186 Å². The van der Waals surface area contributed by atoms with Gasteiger partial charge < -0.3 is 15.5 Å². The molecular weight excluding hydrogens is 554 g/mol. The first-order valence-electron chi connectivity index (χ1n) is 20.1. The zero-order chi connectivity index (χ0) is 32.9. The summed E-state index contributed by atoms with van der Waals surface area (Å²) in [7, 11) is 0. The van der Waals surface area contributed by atoms with Gasteiger partial charge >= 0.3 is 0 Å². The second kappa shape index (κ2) is 37.3. The van der Waals surface area contributed by atoms with E-state index in [0.29, 0.717) is 6.42 Å². The Kier molecular flexibility index (Phi) is 36.4. The van der Waals surface area contributed by atoms with Gasteiger partial charge in [-0.3, -0.25) is 4.79 Å². The number of amides is 1. The molecule has 0 rings (SSSR count). The van der Waals surface area contributed by atoms with Gasteiger partial charge in [-0.15, -0.1) is 0 Å². The standard InChI is InChI=1S/C41H79NO3/c1-3-5-7-9-11-12-13-14-15-16-17-18-19-20-21-22-23-24-25-26-27-28-29-30-31-33-35-37-41(45)42-39(38-43)40(44)36-34-32-10-8-6-4-2/h16-17,34,36,39-40,43-44H,3-15,18-33,35,37-38H2,1-2H3,(H,42,45)/b17-16-,36-34+. The maximum atomic E-state index is 12.2. The number of hydrogen-bond acceptors (Lipinski definition) is 3. The third-order valence-corrected chi connectivity index (χ3v) is 9.18. The lowest BCUT2D eigenvalue weighted by atomic mass is 10.0. The van der Waals surface area contributed by atoms with E-state index < -0.39 is 12.1 Å². The zero-order valence-electron chi connectivity index (χ0n) is 30.4. The summed E-state index contributed by atoms with van der Waals surface area (Å²) < 4.78 is 0. The summed E-state index contributed by atoms with van der Waals surface area (Å²) >= 11 is 0. The molecule has 0 aromatic heterocycles. The Morgan fingerprint density at radius 2 is 0.844 bits per heavy atom. The number of aliphatic hydroxyl groups is 2. The molecule has 0 aromatic rings. The van der Waals surface area contributed by atoms with Gasteiger partial charge in [0.1, 0.15) is 0 Å². The van der Waals surface area contributed by atoms with Crippen molar-refractivity contribution in [1.29, 1.82) is 0 Å². The summed E-state index contributed by atoms with van der Waals surface area (Å²) in [4.78, 5) is 12.2. The smallest absolute Gasteiger partial charge is 0.220 e. The van der Waals surface area contributed by atoms with Crippen molar-refractivity contribution in [3.05, 3.63) is 24.3 Å². The van der Waals surface area contributed by atoms with Gasteiger partial charge in [-0.2, -0.15) is 0 Å². The predicted molar refractivity (Wildman–Crippen MR) is 198 cm³/mol. The minimum Gasteiger partial charge on any atom is -0.394 e. The van der Waals surface area contributed by atoms with Gasteiger partial charge in [0.05, 0.1) is 18.8 Å². The van der Waals surface area contributed by atoms with Crippen molar-refractivity contribution in [3.63, 3.8) is 0 Å². The molecule has 0 saturated heterocycles. The van der Waals surface area contributed by atoms with Crippen LogP contribution < -0.4 is 5.32 Å². The fourth-order valence-corrected chi connectivity index (χ4v) is 6.05. The predicted octanol–water partition coefficient (Wildman–Crippen LogP) is 12.1. The Bertz CT molecular complexity index is 647. The van der Waals surface area contributed by atoms with Crippen LogP contribution in [0.4, 0.5) is 0 Å². The highest BCUT2D eigenvalue weighted by Crippen LogP contribution is 2.15. The van der Waals surface area contributed by atoms with Crippen molar-refractivity contribution in [1.82, 2.24) is 5.32 Å². The molecule has 2 atom stereocenters. The molecule has 0 spiro atoms. The van der Waals surface area contributed by atoms with E-state index in [9.17, 15) is 15.0 Å². The summed E-state index contributed by atoms with van der Waals surface area (Å²) in [5.74, 6) is -0.0683. The van der Waals surface area contributed by atoms with Crippen LogP contribution in [0.1, 0.15) is 213 Å². The molecule has 1 amide bonds. The molecular formula is C41H79NO3. The first kappa shape index (κ1) is 43.9. The summed E-state index contributed by atoms with van der Waals surface area (Å²) in [6.45, 7) is 4.24. The number of carbonyl (C=O) groups is 1. The lowest BCUT2D eigenvalue weighted by Gasteiger charge is -2.20. The molecule has 0 fully saturated rings. The lowest BCUT2D eigenvalue weighted by molar-refractivity contribution is -0.123. The summed E-state index contributed by atoms with van der Waals surface area (Å²) in [6.07, 6.45) is 47.4. The van der Waals surface area contributed by atoms with Crippen molar-refractivity contribution in [2.45, 2.75) is 225 Å². The third-order valence-electron chi connectivity index (χ3n) is 9.18. The van der Waals surface area contributed by atoms with E-state index in [2.05, 4.69) is 31.3 Å². The topological polar surface area (TPSA) is 69.6 Å². The molecule has 0 aliphatic rings. The molecule has 4 heteroatoms. The van der Waals surface area contributed by atoms with Crippen molar-refractivity contribution < 1.29 is 15.0 Å². The van der Waals surface area contributed by atoms with E-state index in [4.69, 9.17) is 0 Å². The van der Waals surface area contributed by atoms with E-state index in [1.54, 1.807) is 6.08 Å². The molecule has 3 N–H and O–H groups in total. The van der Waals surface area contributed by atoms with Gasteiger partial charge in [0, 0.05) is 6.42 Å². The number of unbranched alkanes of at least 4 members (excludes halogenated alkanes) is 27. The second-order valence-electron chi connectivity index (χ2n) is 13.7. The Hall–Kier alpha value is -1.13. The van der Waals surface area contributed by atoms with Gasteiger partial charge in [0.15, 0.2) is 0 Å². The van der Waals surface area contributed by atoms with E-state index >= 15 is 0 Å². The number of hydrogen-bond donors (Lipinski definition) is 3. The molecule has 266 valence electrons. The van der Waals surface area contributed by atoms with Gasteiger partial charge in [0.25, 0.3) is 0 Å². The van der Waals surface area contributed by atoms with Crippen LogP contribution in [0.25, 0.3) is 0 Å². The molecule has 0 aliphatic carbocycles. The molecule has 4 nitrogen and oxygen atoms in total.